The van der Waals surface area contributed by atoms with E-state index in [-0.39, 0.29) is 0 Å². The van der Waals surface area contributed by atoms with Gasteiger partial charge < -0.3 is 18.9 Å². The summed E-state index contributed by atoms with van der Waals surface area (Å²) in [6.45, 7) is 0. The Bertz CT molecular complexity index is 738. The van der Waals surface area contributed by atoms with E-state index in [9.17, 15) is 4.79 Å². The maximum atomic E-state index is 12.1. The molecule has 0 radical (unpaired) electrons. The van der Waals surface area contributed by atoms with Crippen LogP contribution in [0.5, 0.6) is 17.4 Å². The molecule has 0 fully saturated rings. The molecule has 2 rings (SSSR count). The summed E-state index contributed by atoms with van der Waals surface area (Å²) < 4.78 is 20.4. The standard InChI is InChI=1S/C18H19NO5/c1-21-14-9-13(17(18(20)24-4)15(10-14)22-2)7-5-12-6-8-16(23-3)19-11-12/h5-11H,1-4H3. The van der Waals surface area contributed by atoms with Crippen LogP contribution in [0.1, 0.15) is 21.5 Å². The van der Waals surface area contributed by atoms with Gasteiger partial charge in [0.05, 0.1) is 28.4 Å². The number of esters is 1. The van der Waals surface area contributed by atoms with Crippen molar-refractivity contribution in [2.45, 2.75) is 0 Å². The van der Waals surface area contributed by atoms with Crippen LogP contribution >= 0.6 is 0 Å². The molecule has 0 amide bonds. The van der Waals surface area contributed by atoms with Crippen molar-refractivity contribution in [2.75, 3.05) is 28.4 Å². The number of carbonyl (C=O) groups excluding carboxylic acids is 1. The molecule has 0 spiro atoms. The summed E-state index contributed by atoms with van der Waals surface area (Å²) in [4.78, 5) is 16.2. The number of pyridine rings is 1. The lowest BCUT2D eigenvalue weighted by Gasteiger charge is -2.12. The maximum Gasteiger partial charge on any atom is 0.342 e. The quantitative estimate of drug-likeness (QED) is 0.759. The molecule has 0 bridgehead atoms. The molecule has 0 unspecified atom stereocenters. The van der Waals surface area contributed by atoms with Gasteiger partial charge in [0.25, 0.3) is 0 Å². The summed E-state index contributed by atoms with van der Waals surface area (Å²) >= 11 is 0. The zero-order chi connectivity index (χ0) is 17.5. The molecule has 0 atom stereocenters. The first-order valence-corrected chi connectivity index (χ1v) is 7.15. The van der Waals surface area contributed by atoms with Crippen molar-refractivity contribution >= 4 is 18.1 Å². The lowest BCUT2D eigenvalue weighted by atomic mass is 10.0. The third kappa shape index (κ3) is 3.84. The van der Waals surface area contributed by atoms with Crippen LogP contribution in [-0.2, 0) is 4.74 Å². The Kier molecular flexibility index (Phi) is 5.78. The van der Waals surface area contributed by atoms with Crippen molar-refractivity contribution in [3.05, 3.63) is 47.2 Å². The number of rotatable bonds is 6. The number of aromatic nitrogens is 1. The van der Waals surface area contributed by atoms with Crippen LogP contribution in [0.3, 0.4) is 0 Å². The largest absolute Gasteiger partial charge is 0.497 e. The first kappa shape index (κ1) is 17.3. The van der Waals surface area contributed by atoms with Gasteiger partial charge in [-0.2, -0.15) is 0 Å². The van der Waals surface area contributed by atoms with Gasteiger partial charge in [0.2, 0.25) is 5.88 Å². The van der Waals surface area contributed by atoms with Crippen molar-refractivity contribution in [3.63, 3.8) is 0 Å². The van der Waals surface area contributed by atoms with Crippen LogP contribution < -0.4 is 14.2 Å². The second-order valence-corrected chi connectivity index (χ2v) is 4.75. The molecule has 2 aromatic rings. The van der Waals surface area contributed by atoms with Gasteiger partial charge in [-0.3, -0.25) is 0 Å². The average Bonchev–Trinajstić information content (AvgIpc) is 2.65. The van der Waals surface area contributed by atoms with Gasteiger partial charge in [-0.05, 0) is 23.3 Å². The van der Waals surface area contributed by atoms with Crippen molar-refractivity contribution in [3.8, 4) is 17.4 Å². The molecule has 1 aromatic carbocycles. The Hall–Kier alpha value is -3.02. The third-order valence-electron chi connectivity index (χ3n) is 3.38. The Labute approximate surface area is 140 Å². The van der Waals surface area contributed by atoms with E-state index in [4.69, 9.17) is 18.9 Å². The number of hydrogen-bond donors (Lipinski definition) is 0. The lowest BCUT2D eigenvalue weighted by Crippen LogP contribution is -2.07. The third-order valence-corrected chi connectivity index (χ3v) is 3.38. The zero-order valence-electron chi connectivity index (χ0n) is 14.0. The molecule has 6 heteroatoms. The van der Waals surface area contributed by atoms with Gasteiger partial charge in [-0.15, -0.1) is 0 Å². The smallest absolute Gasteiger partial charge is 0.342 e. The maximum absolute atomic E-state index is 12.1. The molecule has 6 nitrogen and oxygen atoms in total. The second-order valence-electron chi connectivity index (χ2n) is 4.75. The molecule has 24 heavy (non-hydrogen) atoms. The molecule has 0 aliphatic carbocycles. The summed E-state index contributed by atoms with van der Waals surface area (Å²) in [6, 6.07) is 6.99. The predicted octanol–water partition coefficient (Wildman–Crippen LogP) is 3.06. The Morgan fingerprint density at radius 1 is 1.00 bits per heavy atom. The highest BCUT2D eigenvalue weighted by Gasteiger charge is 2.18. The first-order valence-electron chi connectivity index (χ1n) is 7.15. The fourth-order valence-corrected chi connectivity index (χ4v) is 2.14. The van der Waals surface area contributed by atoms with Gasteiger partial charge in [0, 0.05) is 18.3 Å². The lowest BCUT2D eigenvalue weighted by molar-refractivity contribution is 0.0597. The molecule has 0 saturated heterocycles. The van der Waals surface area contributed by atoms with E-state index in [2.05, 4.69) is 4.98 Å². The van der Waals surface area contributed by atoms with Crippen LogP contribution in [-0.4, -0.2) is 39.4 Å². The fraction of sp³-hybridized carbons (Fsp3) is 0.222. The first-order chi connectivity index (χ1) is 11.6. The summed E-state index contributed by atoms with van der Waals surface area (Å²) in [5.74, 6) is 1.01. The van der Waals surface area contributed by atoms with Crippen LogP contribution in [0, 0.1) is 0 Å². The van der Waals surface area contributed by atoms with Crippen molar-refractivity contribution in [1.82, 2.24) is 4.98 Å². The molecule has 126 valence electrons. The van der Waals surface area contributed by atoms with E-state index >= 15 is 0 Å². The molecular weight excluding hydrogens is 310 g/mol. The number of hydrogen-bond acceptors (Lipinski definition) is 6. The van der Waals surface area contributed by atoms with E-state index in [1.165, 1.54) is 14.2 Å². The predicted molar refractivity (Wildman–Crippen MR) is 90.6 cm³/mol. The second kappa shape index (κ2) is 8.01. The number of ether oxygens (including phenoxy) is 4. The molecule has 0 aliphatic heterocycles. The summed E-state index contributed by atoms with van der Waals surface area (Å²) in [5.41, 5.74) is 1.81. The summed E-state index contributed by atoms with van der Waals surface area (Å²) in [6.07, 6.45) is 5.28. The Balaban J connectivity index is 2.45. The summed E-state index contributed by atoms with van der Waals surface area (Å²) in [5, 5.41) is 0. The van der Waals surface area contributed by atoms with E-state index in [0.29, 0.717) is 28.5 Å². The fourth-order valence-electron chi connectivity index (χ4n) is 2.14. The molecule has 1 heterocycles. The minimum atomic E-state index is -0.484. The van der Waals surface area contributed by atoms with Crippen molar-refractivity contribution in [2.24, 2.45) is 0 Å². The van der Waals surface area contributed by atoms with Gasteiger partial charge in [-0.1, -0.05) is 12.2 Å². The van der Waals surface area contributed by atoms with Crippen LogP contribution in [0.4, 0.5) is 0 Å². The normalized spacial score (nSPS) is 10.5. The van der Waals surface area contributed by atoms with Crippen molar-refractivity contribution in [1.29, 1.82) is 0 Å². The molecule has 0 aliphatic rings. The van der Waals surface area contributed by atoms with E-state index < -0.39 is 5.97 Å². The van der Waals surface area contributed by atoms with Gasteiger partial charge >= 0.3 is 5.97 Å². The van der Waals surface area contributed by atoms with Crippen molar-refractivity contribution < 1.29 is 23.7 Å². The average molecular weight is 329 g/mol. The highest BCUT2D eigenvalue weighted by molar-refractivity contribution is 5.98. The van der Waals surface area contributed by atoms with Gasteiger partial charge in [0.1, 0.15) is 17.1 Å². The van der Waals surface area contributed by atoms with E-state index in [1.807, 2.05) is 12.1 Å². The minimum absolute atomic E-state index is 0.332. The zero-order valence-corrected chi connectivity index (χ0v) is 14.0. The van der Waals surface area contributed by atoms with Crippen LogP contribution in [0.2, 0.25) is 0 Å². The van der Waals surface area contributed by atoms with Crippen LogP contribution in [0.15, 0.2) is 30.5 Å². The molecule has 0 saturated carbocycles. The Morgan fingerprint density at radius 2 is 1.79 bits per heavy atom. The van der Waals surface area contributed by atoms with E-state index in [1.54, 1.807) is 44.7 Å². The van der Waals surface area contributed by atoms with E-state index in [0.717, 1.165) is 5.56 Å². The number of nitrogens with zero attached hydrogens (tertiary/aromatic N) is 1. The molecule has 0 N–H and O–H groups in total. The van der Waals surface area contributed by atoms with Gasteiger partial charge in [0.15, 0.2) is 0 Å². The topological polar surface area (TPSA) is 66.9 Å². The summed E-state index contributed by atoms with van der Waals surface area (Å²) in [7, 11) is 5.92. The molecule has 1 aromatic heterocycles. The molecular formula is C18H19NO5. The highest BCUT2D eigenvalue weighted by atomic mass is 16.5. The number of benzene rings is 1. The monoisotopic (exact) mass is 329 g/mol. The van der Waals surface area contributed by atoms with Crippen LogP contribution in [0.25, 0.3) is 12.2 Å². The minimum Gasteiger partial charge on any atom is -0.497 e. The number of carbonyl (C=O) groups is 1. The Morgan fingerprint density at radius 3 is 2.33 bits per heavy atom. The highest BCUT2D eigenvalue weighted by Crippen LogP contribution is 2.30. The number of methoxy groups -OCH3 is 4. The SMILES string of the molecule is COC(=O)c1c(C=Cc2ccc(OC)nc2)cc(OC)cc1OC. The van der Waals surface area contributed by atoms with Gasteiger partial charge in [-0.25, -0.2) is 9.78 Å².